The summed E-state index contributed by atoms with van der Waals surface area (Å²) < 4.78 is 0.737. The van der Waals surface area contributed by atoms with E-state index in [1.54, 1.807) is 23.1 Å². The third-order valence-corrected chi connectivity index (χ3v) is 7.07. The zero-order valence-electron chi connectivity index (χ0n) is 20.7. The molecular weight excluding hydrogens is 514 g/mol. The second kappa shape index (κ2) is 10.8. The van der Waals surface area contributed by atoms with Gasteiger partial charge in [-0.3, -0.25) is 9.59 Å². The van der Waals surface area contributed by atoms with Gasteiger partial charge in [-0.25, -0.2) is 0 Å². The minimum Gasteiger partial charge on any atom is -0.375 e. The lowest BCUT2D eigenvalue weighted by Gasteiger charge is -2.23. The molecule has 1 aliphatic heterocycles. The van der Waals surface area contributed by atoms with Crippen LogP contribution in [-0.2, 0) is 21.7 Å². The van der Waals surface area contributed by atoms with E-state index in [1.165, 1.54) is 11.6 Å². The Bertz CT molecular complexity index is 1340. The molecule has 0 spiro atoms. The molecule has 0 aromatic heterocycles. The predicted octanol–water partition coefficient (Wildman–Crippen LogP) is 6.84. The van der Waals surface area contributed by atoms with Gasteiger partial charge in [0, 0.05) is 10.0 Å². The molecule has 0 radical (unpaired) electrons. The molecule has 0 bridgehead atoms. The summed E-state index contributed by atoms with van der Waals surface area (Å²) in [6.07, 6.45) is 6.38. The van der Waals surface area contributed by atoms with E-state index >= 15 is 0 Å². The van der Waals surface area contributed by atoms with Gasteiger partial charge in [0.1, 0.15) is 0 Å². The van der Waals surface area contributed by atoms with Crippen LogP contribution < -0.4 is 4.90 Å². The number of ketones is 1. The number of allylic oxidation sites excluding steroid dienone is 3. The molecule has 0 saturated heterocycles. The smallest absolute Gasteiger partial charge is 0.264 e. The van der Waals surface area contributed by atoms with Crippen molar-refractivity contribution in [2.75, 3.05) is 4.90 Å². The van der Waals surface area contributed by atoms with Gasteiger partial charge in [-0.15, -0.1) is 0 Å². The van der Waals surface area contributed by atoms with Crippen molar-refractivity contribution in [3.05, 3.63) is 117 Å². The zero-order valence-corrected chi connectivity index (χ0v) is 22.3. The van der Waals surface area contributed by atoms with Crippen molar-refractivity contribution < 1.29 is 14.7 Å². The number of aliphatic hydroxyl groups is 1. The molecule has 184 valence electrons. The Morgan fingerprint density at radius 2 is 1.81 bits per heavy atom. The maximum absolute atomic E-state index is 13.7. The third-order valence-electron chi connectivity index (χ3n) is 6.57. The van der Waals surface area contributed by atoms with Crippen LogP contribution in [0.4, 0.5) is 5.69 Å². The average Bonchev–Trinajstić information content (AvgIpc) is 3.04. The molecule has 1 atom stereocenters. The Balaban J connectivity index is 1.59. The van der Waals surface area contributed by atoms with Crippen LogP contribution in [0, 0.1) is 6.92 Å². The number of rotatable bonds is 8. The molecule has 3 aromatic rings. The zero-order chi connectivity index (χ0) is 25.9. The van der Waals surface area contributed by atoms with Crippen molar-refractivity contribution in [3.63, 3.8) is 0 Å². The summed E-state index contributed by atoms with van der Waals surface area (Å²) in [5.74, 6) is -0.444. The Kier molecular flexibility index (Phi) is 7.72. The van der Waals surface area contributed by atoms with Gasteiger partial charge >= 0.3 is 0 Å². The number of carbonyl (C=O) groups is 2. The molecule has 0 unspecified atom stereocenters. The molecule has 4 rings (SSSR count). The first kappa shape index (κ1) is 25.8. The lowest BCUT2D eigenvalue weighted by atomic mass is 9.90. The number of anilines is 1. The first-order valence-electron chi connectivity index (χ1n) is 12.1. The number of amides is 1. The van der Waals surface area contributed by atoms with Gasteiger partial charge < -0.3 is 10.0 Å². The van der Waals surface area contributed by atoms with Crippen LogP contribution >= 0.6 is 15.9 Å². The molecule has 0 aliphatic carbocycles. The topological polar surface area (TPSA) is 57.6 Å². The minimum atomic E-state index is -1.92. The van der Waals surface area contributed by atoms with Gasteiger partial charge in [0.15, 0.2) is 11.4 Å². The van der Waals surface area contributed by atoms with Crippen LogP contribution in [0.5, 0.6) is 0 Å². The number of hydrogen-bond donors (Lipinski definition) is 1. The predicted molar refractivity (Wildman–Crippen MR) is 149 cm³/mol. The van der Waals surface area contributed by atoms with Crippen molar-refractivity contribution in [2.45, 2.75) is 45.3 Å². The van der Waals surface area contributed by atoms with E-state index in [2.05, 4.69) is 48.0 Å². The number of halogens is 1. The first-order chi connectivity index (χ1) is 17.2. The maximum Gasteiger partial charge on any atom is 0.264 e. The van der Waals surface area contributed by atoms with Crippen LogP contribution in [0.2, 0.25) is 0 Å². The first-order valence-corrected chi connectivity index (χ1v) is 12.8. The van der Waals surface area contributed by atoms with E-state index < -0.39 is 11.5 Å². The molecule has 5 heteroatoms. The highest BCUT2D eigenvalue weighted by atomic mass is 79.9. The van der Waals surface area contributed by atoms with Gasteiger partial charge in [0.25, 0.3) is 5.91 Å². The fourth-order valence-corrected chi connectivity index (χ4v) is 4.81. The van der Waals surface area contributed by atoms with Crippen molar-refractivity contribution in [1.82, 2.24) is 0 Å². The maximum atomic E-state index is 13.7. The van der Waals surface area contributed by atoms with Gasteiger partial charge in [-0.05, 0) is 59.4 Å². The lowest BCUT2D eigenvalue weighted by Crippen LogP contribution is -2.41. The average molecular weight is 544 g/mol. The summed E-state index contributed by atoms with van der Waals surface area (Å²) in [6.45, 7) is 6.61. The van der Waals surface area contributed by atoms with E-state index in [4.69, 9.17) is 0 Å². The van der Waals surface area contributed by atoms with Crippen molar-refractivity contribution >= 4 is 39.4 Å². The summed E-state index contributed by atoms with van der Waals surface area (Å²) >= 11 is 3.45. The van der Waals surface area contributed by atoms with Crippen LogP contribution in [-0.4, -0.2) is 16.8 Å². The molecule has 0 saturated carbocycles. The Morgan fingerprint density at radius 1 is 1.06 bits per heavy atom. The molecular formula is C31H30BrNO3. The second-order valence-corrected chi connectivity index (χ2v) is 10.4. The SMILES string of the molecule is Cc1ccc(C(C)C)cc1CN1C(=O)[C@@](O)(CC(=O)/C=C/C=C/c2ccccc2)c2cc(Br)ccc21. The largest absolute Gasteiger partial charge is 0.375 e. The normalized spacial score (nSPS) is 17.5. The third kappa shape index (κ3) is 5.43. The summed E-state index contributed by atoms with van der Waals surface area (Å²) in [5.41, 5.74) is 3.45. The summed E-state index contributed by atoms with van der Waals surface area (Å²) in [5, 5.41) is 11.6. The van der Waals surface area contributed by atoms with E-state index in [-0.39, 0.29) is 12.2 Å². The number of carbonyl (C=O) groups excluding carboxylic acids is 2. The van der Waals surface area contributed by atoms with Crippen molar-refractivity contribution in [3.8, 4) is 0 Å². The van der Waals surface area contributed by atoms with Crippen LogP contribution in [0.25, 0.3) is 6.08 Å². The summed E-state index contributed by atoms with van der Waals surface area (Å²) in [7, 11) is 0. The lowest BCUT2D eigenvalue weighted by molar-refractivity contribution is -0.140. The summed E-state index contributed by atoms with van der Waals surface area (Å²) in [4.78, 5) is 28.1. The van der Waals surface area contributed by atoms with E-state index in [1.807, 2.05) is 55.5 Å². The Hall–Kier alpha value is -3.28. The van der Waals surface area contributed by atoms with E-state index in [0.717, 1.165) is 21.2 Å². The molecule has 1 amide bonds. The second-order valence-electron chi connectivity index (χ2n) is 9.53. The molecule has 4 nitrogen and oxygen atoms in total. The van der Waals surface area contributed by atoms with Crippen LogP contribution in [0.15, 0.2) is 89.4 Å². The molecule has 0 fully saturated rings. The molecule has 1 N–H and O–H groups in total. The number of benzene rings is 3. The number of nitrogens with zero attached hydrogens (tertiary/aromatic N) is 1. The fourth-order valence-electron chi connectivity index (χ4n) is 4.45. The van der Waals surface area contributed by atoms with Crippen molar-refractivity contribution in [2.24, 2.45) is 0 Å². The quantitative estimate of drug-likeness (QED) is 0.250. The van der Waals surface area contributed by atoms with E-state index in [9.17, 15) is 14.7 Å². The fraction of sp³-hybridized carbons (Fsp3) is 0.226. The number of hydrogen-bond acceptors (Lipinski definition) is 3. The van der Waals surface area contributed by atoms with Gasteiger partial charge in [-0.2, -0.15) is 0 Å². The van der Waals surface area contributed by atoms with Gasteiger partial charge in [0.05, 0.1) is 18.7 Å². The Labute approximate surface area is 221 Å². The molecule has 1 aliphatic rings. The molecule has 36 heavy (non-hydrogen) atoms. The van der Waals surface area contributed by atoms with Gasteiger partial charge in [-0.1, -0.05) is 96.5 Å². The van der Waals surface area contributed by atoms with Crippen LogP contribution in [0.3, 0.4) is 0 Å². The highest BCUT2D eigenvalue weighted by molar-refractivity contribution is 9.10. The monoisotopic (exact) mass is 543 g/mol. The molecule has 3 aromatic carbocycles. The summed E-state index contributed by atoms with van der Waals surface area (Å²) in [6, 6.07) is 21.4. The number of fused-ring (bicyclic) bond motifs is 1. The Morgan fingerprint density at radius 3 is 2.53 bits per heavy atom. The number of aryl methyl sites for hydroxylation is 1. The van der Waals surface area contributed by atoms with E-state index in [0.29, 0.717) is 23.7 Å². The highest BCUT2D eigenvalue weighted by Crippen LogP contribution is 2.44. The standard InChI is InChI=1S/C31H30BrNO3/c1-21(2)24-14-13-22(3)25(17-24)20-33-29-16-15-26(32)18-28(29)31(36,30(33)35)19-27(34)12-8-7-11-23-9-5-4-6-10-23/h4-18,21,36H,19-20H2,1-3H3/b11-7+,12-8+/t31-/m1/s1. The molecule has 1 heterocycles. The van der Waals surface area contributed by atoms with Crippen molar-refractivity contribution in [1.29, 1.82) is 0 Å². The highest BCUT2D eigenvalue weighted by Gasteiger charge is 2.50. The minimum absolute atomic E-state index is 0.325. The van der Waals surface area contributed by atoms with Gasteiger partial charge in [0.2, 0.25) is 0 Å². The van der Waals surface area contributed by atoms with Crippen LogP contribution in [0.1, 0.15) is 54.0 Å².